The zero-order valence-electron chi connectivity index (χ0n) is 12.8. The number of ether oxygens (including phenoxy) is 1. The van der Waals surface area contributed by atoms with E-state index in [1.165, 1.54) is 25.3 Å². The molecule has 1 aromatic carbocycles. The van der Waals surface area contributed by atoms with Crippen molar-refractivity contribution in [3.63, 3.8) is 0 Å². The fraction of sp³-hybridized carbons (Fsp3) is 0.286. The van der Waals surface area contributed by atoms with Crippen LogP contribution in [-0.4, -0.2) is 41.3 Å². The van der Waals surface area contributed by atoms with E-state index in [2.05, 4.69) is 20.8 Å². The third kappa shape index (κ3) is 4.67. The monoisotopic (exact) mass is 352 g/mol. The minimum atomic E-state index is -0.818. The Morgan fingerprint density at radius 3 is 2.52 bits per heavy atom. The summed E-state index contributed by atoms with van der Waals surface area (Å²) in [6.45, 7) is 1.38. The number of thioether (sulfide) groups is 1. The van der Waals surface area contributed by atoms with Crippen molar-refractivity contribution in [3.05, 3.63) is 24.3 Å². The number of hydrogen-bond acceptors (Lipinski definition) is 8. The summed E-state index contributed by atoms with van der Waals surface area (Å²) in [5, 5.41) is 13.4. The normalized spacial score (nSPS) is 11.6. The number of Topliss-reactive ketones (excluding diaryl/α,β-unsaturated/α-hetero) is 1. The Morgan fingerprint density at radius 1 is 1.26 bits per heavy atom. The number of benzene rings is 1. The van der Waals surface area contributed by atoms with Gasteiger partial charge in [-0.2, -0.15) is 0 Å². The quantitative estimate of drug-likeness (QED) is 0.582. The van der Waals surface area contributed by atoms with Crippen molar-refractivity contribution in [2.24, 2.45) is 0 Å². The summed E-state index contributed by atoms with van der Waals surface area (Å²) >= 11 is 2.37. The van der Waals surface area contributed by atoms with Crippen LogP contribution in [0.15, 0.2) is 28.6 Å². The molecule has 1 unspecified atom stereocenters. The first-order valence-corrected chi connectivity index (χ1v) is 8.36. The highest BCUT2D eigenvalue weighted by molar-refractivity contribution is 8.03. The summed E-state index contributed by atoms with van der Waals surface area (Å²) in [6, 6.07) is 7.37. The Hall–Kier alpha value is -2.13. The molecule has 0 saturated carbocycles. The van der Waals surface area contributed by atoms with Crippen molar-refractivity contribution < 1.29 is 14.3 Å². The van der Waals surface area contributed by atoms with E-state index in [0.29, 0.717) is 9.47 Å². The maximum absolute atomic E-state index is 11.7. The van der Waals surface area contributed by atoms with Gasteiger partial charge in [-0.3, -0.25) is 9.59 Å². The molecular formula is C14H16N4O3S2. The molecule has 23 heavy (non-hydrogen) atoms. The third-order valence-electron chi connectivity index (χ3n) is 2.82. The maximum Gasteiger partial charge on any atom is 0.240 e. The standard InChI is InChI=1S/C14H16N4O3S2/c1-8(19)11(12(20)15-2)22-14-18-17-13(23-14)16-9-4-6-10(21-3)7-5-9/h4-7,11H,1-3H3,(H,15,20)(H,16,17). The largest absolute Gasteiger partial charge is 0.497 e. The third-order valence-corrected chi connectivity index (χ3v) is 5.06. The summed E-state index contributed by atoms with van der Waals surface area (Å²) in [6.07, 6.45) is 0. The number of ketones is 1. The minimum Gasteiger partial charge on any atom is -0.497 e. The van der Waals surface area contributed by atoms with Gasteiger partial charge in [0, 0.05) is 12.7 Å². The van der Waals surface area contributed by atoms with Crippen molar-refractivity contribution >= 4 is 45.6 Å². The van der Waals surface area contributed by atoms with Crippen LogP contribution in [0.4, 0.5) is 10.8 Å². The van der Waals surface area contributed by atoms with Gasteiger partial charge in [0.25, 0.3) is 0 Å². The molecule has 0 bridgehead atoms. The van der Waals surface area contributed by atoms with Crippen molar-refractivity contribution in [3.8, 4) is 5.75 Å². The molecule has 7 nitrogen and oxygen atoms in total. The van der Waals surface area contributed by atoms with Crippen molar-refractivity contribution in [2.75, 3.05) is 19.5 Å². The number of methoxy groups -OCH3 is 1. The molecule has 9 heteroatoms. The van der Waals surface area contributed by atoms with Crippen LogP contribution >= 0.6 is 23.1 Å². The molecule has 1 aromatic heterocycles. The van der Waals surface area contributed by atoms with Crippen molar-refractivity contribution in [1.29, 1.82) is 0 Å². The number of anilines is 2. The highest BCUT2D eigenvalue weighted by Crippen LogP contribution is 2.31. The molecule has 0 aliphatic rings. The van der Waals surface area contributed by atoms with Gasteiger partial charge in [-0.15, -0.1) is 10.2 Å². The second kappa shape index (κ2) is 7.93. The average Bonchev–Trinajstić information content (AvgIpc) is 2.99. The first-order chi connectivity index (χ1) is 11.0. The van der Waals surface area contributed by atoms with Gasteiger partial charge in [-0.05, 0) is 31.2 Å². The number of nitrogens with one attached hydrogen (secondary N) is 2. The Bertz CT molecular complexity index is 688. The van der Waals surface area contributed by atoms with Crippen LogP contribution < -0.4 is 15.4 Å². The van der Waals surface area contributed by atoms with Gasteiger partial charge in [0.2, 0.25) is 11.0 Å². The smallest absolute Gasteiger partial charge is 0.240 e. The molecule has 0 aliphatic heterocycles. The molecule has 0 fully saturated rings. The van der Waals surface area contributed by atoms with Crippen LogP contribution in [0.2, 0.25) is 0 Å². The summed E-state index contributed by atoms with van der Waals surface area (Å²) in [5.74, 6) is 0.190. The SMILES string of the molecule is CNC(=O)C(Sc1nnc(Nc2ccc(OC)cc2)s1)C(C)=O. The zero-order valence-corrected chi connectivity index (χ0v) is 14.5. The first kappa shape index (κ1) is 17.2. The molecule has 0 saturated heterocycles. The number of rotatable bonds is 7. The van der Waals surface area contributed by atoms with Crippen LogP contribution in [0.3, 0.4) is 0 Å². The lowest BCUT2D eigenvalue weighted by Gasteiger charge is -2.08. The predicted octanol–water partition coefficient (Wildman–Crippen LogP) is 2.09. The lowest BCUT2D eigenvalue weighted by Crippen LogP contribution is -2.34. The molecule has 2 N–H and O–H groups in total. The Kier molecular flexibility index (Phi) is 5.94. The molecule has 1 heterocycles. The van der Waals surface area contributed by atoms with Crippen LogP contribution in [0.25, 0.3) is 0 Å². The molecule has 122 valence electrons. The maximum atomic E-state index is 11.7. The van der Waals surface area contributed by atoms with E-state index in [4.69, 9.17) is 4.74 Å². The number of amides is 1. The van der Waals surface area contributed by atoms with E-state index in [9.17, 15) is 9.59 Å². The van der Waals surface area contributed by atoms with Gasteiger partial charge in [0.1, 0.15) is 11.0 Å². The first-order valence-electron chi connectivity index (χ1n) is 6.66. The van der Waals surface area contributed by atoms with Crippen LogP contribution in [0, 0.1) is 0 Å². The van der Waals surface area contributed by atoms with E-state index < -0.39 is 5.25 Å². The van der Waals surface area contributed by atoms with Crippen LogP contribution in [0.1, 0.15) is 6.92 Å². The number of nitrogens with zero attached hydrogens (tertiary/aromatic N) is 2. The highest BCUT2D eigenvalue weighted by atomic mass is 32.2. The van der Waals surface area contributed by atoms with E-state index in [1.54, 1.807) is 7.11 Å². The lowest BCUT2D eigenvalue weighted by molar-refractivity contribution is -0.126. The second-order valence-corrected chi connectivity index (χ2v) is 6.78. The van der Waals surface area contributed by atoms with Gasteiger partial charge < -0.3 is 15.4 Å². The number of carbonyl (C=O) groups excluding carboxylic acids is 2. The van der Waals surface area contributed by atoms with Gasteiger partial charge in [-0.1, -0.05) is 23.1 Å². The molecule has 0 radical (unpaired) electrons. The van der Waals surface area contributed by atoms with Gasteiger partial charge in [-0.25, -0.2) is 0 Å². The highest BCUT2D eigenvalue weighted by Gasteiger charge is 2.25. The van der Waals surface area contributed by atoms with Gasteiger partial charge in [0.05, 0.1) is 7.11 Å². The molecule has 0 spiro atoms. The van der Waals surface area contributed by atoms with Gasteiger partial charge in [0.15, 0.2) is 10.1 Å². The summed E-state index contributed by atoms with van der Waals surface area (Å²) in [5.41, 5.74) is 0.841. The lowest BCUT2D eigenvalue weighted by atomic mass is 10.3. The van der Waals surface area contributed by atoms with E-state index >= 15 is 0 Å². The minimum absolute atomic E-state index is 0.228. The van der Waals surface area contributed by atoms with E-state index in [-0.39, 0.29) is 11.7 Å². The summed E-state index contributed by atoms with van der Waals surface area (Å²) in [7, 11) is 3.10. The van der Waals surface area contributed by atoms with Crippen molar-refractivity contribution in [1.82, 2.24) is 15.5 Å². The average molecular weight is 352 g/mol. The molecule has 2 aromatic rings. The molecule has 1 atom stereocenters. The van der Waals surface area contributed by atoms with E-state index in [0.717, 1.165) is 23.2 Å². The Morgan fingerprint density at radius 2 is 1.96 bits per heavy atom. The zero-order chi connectivity index (χ0) is 16.8. The topological polar surface area (TPSA) is 93.2 Å². The Balaban J connectivity index is 2.04. The van der Waals surface area contributed by atoms with Crippen LogP contribution in [0.5, 0.6) is 5.75 Å². The summed E-state index contributed by atoms with van der Waals surface area (Å²) in [4.78, 5) is 23.2. The molecule has 0 aliphatic carbocycles. The molecule has 1 amide bonds. The summed E-state index contributed by atoms with van der Waals surface area (Å²) < 4.78 is 5.64. The number of hydrogen-bond donors (Lipinski definition) is 2. The second-order valence-electron chi connectivity index (χ2n) is 4.45. The van der Waals surface area contributed by atoms with Gasteiger partial charge >= 0.3 is 0 Å². The fourth-order valence-corrected chi connectivity index (χ4v) is 3.55. The fourth-order valence-electron chi connectivity index (χ4n) is 1.66. The number of carbonyl (C=O) groups is 2. The molecular weight excluding hydrogens is 336 g/mol. The van der Waals surface area contributed by atoms with Crippen LogP contribution in [-0.2, 0) is 9.59 Å². The molecule has 2 rings (SSSR count). The van der Waals surface area contributed by atoms with E-state index in [1.807, 2.05) is 24.3 Å². The number of aromatic nitrogens is 2. The Labute approximate surface area is 141 Å². The predicted molar refractivity (Wildman–Crippen MR) is 90.6 cm³/mol. The van der Waals surface area contributed by atoms with Crippen molar-refractivity contribution in [2.45, 2.75) is 16.5 Å².